The van der Waals surface area contributed by atoms with Gasteiger partial charge in [0.05, 0.1) is 12.1 Å². The van der Waals surface area contributed by atoms with Crippen molar-refractivity contribution in [1.82, 2.24) is 20.5 Å². The molecule has 0 bridgehead atoms. The summed E-state index contributed by atoms with van der Waals surface area (Å²) in [7, 11) is 0. The van der Waals surface area contributed by atoms with Crippen molar-refractivity contribution in [2.24, 2.45) is 5.92 Å². The van der Waals surface area contributed by atoms with Gasteiger partial charge in [0.15, 0.2) is 0 Å². The van der Waals surface area contributed by atoms with Crippen LogP contribution in [0.1, 0.15) is 43.2 Å². The molecule has 0 aromatic carbocycles. The van der Waals surface area contributed by atoms with Gasteiger partial charge in [-0.2, -0.15) is 5.10 Å². The molecule has 6 heteroatoms. The lowest BCUT2D eigenvalue weighted by Crippen LogP contribution is -2.54. The summed E-state index contributed by atoms with van der Waals surface area (Å²) in [5, 5.41) is 18.6. The lowest BCUT2D eigenvalue weighted by molar-refractivity contribution is 0.0688. The Morgan fingerprint density at radius 3 is 3.18 bits per heavy atom. The van der Waals surface area contributed by atoms with Gasteiger partial charge in [-0.15, -0.1) is 0 Å². The van der Waals surface area contributed by atoms with Gasteiger partial charge >= 0.3 is 0 Å². The van der Waals surface area contributed by atoms with E-state index in [1.165, 1.54) is 6.33 Å². The molecule has 3 N–H and O–H groups in total. The Morgan fingerprint density at radius 1 is 1.76 bits per heavy atom. The molecule has 0 aliphatic heterocycles. The minimum atomic E-state index is -0.498. The van der Waals surface area contributed by atoms with Crippen LogP contribution >= 0.6 is 0 Å². The van der Waals surface area contributed by atoms with Crippen LogP contribution in [0.15, 0.2) is 6.33 Å². The third-order valence-corrected chi connectivity index (χ3v) is 3.40. The van der Waals surface area contributed by atoms with Crippen LogP contribution in [-0.2, 0) is 0 Å². The number of hydrogen-bond donors (Lipinski definition) is 3. The van der Waals surface area contributed by atoms with E-state index in [-0.39, 0.29) is 18.3 Å². The zero-order chi connectivity index (χ0) is 12.3. The molecule has 1 heterocycles. The number of aliphatic hydroxyl groups excluding tert-OH is 1. The molecule has 1 aliphatic carbocycles. The smallest absolute Gasteiger partial charge is 0.289 e. The highest BCUT2D eigenvalue weighted by Crippen LogP contribution is 2.32. The predicted octanol–water partition coefficient (Wildman–Crippen LogP) is 0.476. The van der Waals surface area contributed by atoms with Gasteiger partial charge in [-0.1, -0.05) is 19.8 Å². The highest BCUT2D eigenvalue weighted by molar-refractivity contribution is 5.90. The van der Waals surface area contributed by atoms with Gasteiger partial charge in [-0.05, 0) is 18.8 Å². The van der Waals surface area contributed by atoms with E-state index in [0.29, 0.717) is 5.92 Å². The first-order valence-corrected chi connectivity index (χ1v) is 5.94. The van der Waals surface area contributed by atoms with Crippen LogP contribution in [0.25, 0.3) is 0 Å². The SMILES string of the molecule is CC1CCCC(CO)(NC(=O)c2ncn[nH]2)C1. The Bertz CT molecular complexity index is 379. The van der Waals surface area contributed by atoms with Gasteiger partial charge < -0.3 is 10.4 Å². The standard InChI is InChI=1S/C11H18N4O2/c1-8-3-2-4-11(5-8,6-16)14-10(17)9-12-7-13-15-9/h7-8,16H,2-6H2,1H3,(H,14,17)(H,12,13,15). The zero-order valence-corrected chi connectivity index (χ0v) is 9.94. The van der Waals surface area contributed by atoms with Crippen molar-refractivity contribution < 1.29 is 9.90 Å². The van der Waals surface area contributed by atoms with Crippen molar-refractivity contribution in [3.63, 3.8) is 0 Å². The second-order valence-corrected chi connectivity index (χ2v) is 4.93. The summed E-state index contributed by atoms with van der Waals surface area (Å²) < 4.78 is 0. The summed E-state index contributed by atoms with van der Waals surface area (Å²) in [5.74, 6) is 0.410. The first-order chi connectivity index (χ1) is 8.15. The minimum Gasteiger partial charge on any atom is -0.394 e. The maximum Gasteiger partial charge on any atom is 0.289 e. The van der Waals surface area contributed by atoms with Gasteiger partial charge in [-0.25, -0.2) is 4.98 Å². The molecule has 1 aromatic rings. The van der Waals surface area contributed by atoms with Gasteiger partial charge in [0.25, 0.3) is 5.91 Å². The summed E-state index contributed by atoms with van der Waals surface area (Å²) in [4.78, 5) is 15.7. The summed E-state index contributed by atoms with van der Waals surface area (Å²) in [6.45, 7) is 2.11. The molecule has 2 rings (SSSR count). The second kappa shape index (κ2) is 4.83. The van der Waals surface area contributed by atoms with E-state index in [1.54, 1.807) is 0 Å². The molecule has 0 saturated heterocycles. The number of carbonyl (C=O) groups excluding carboxylic acids is 1. The molecule has 2 unspecified atom stereocenters. The topological polar surface area (TPSA) is 90.9 Å². The number of rotatable bonds is 3. The largest absolute Gasteiger partial charge is 0.394 e. The molecule has 17 heavy (non-hydrogen) atoms. The molecule has 94 valence electrons. The Hall–Kier alpha value is -1.43. The molecule has 1 amide bonds. The van der Waals surface area contributed by atoms with Crippen LogP contribution in [-0.4, -0.2) is 38.3 Å². The maximum atomic E-state index is 11.9. The van der Waals surface area contributed by atoms with E-state index in [4.69, 9.17) is 0 Å². The van der Waals surface area contributed by atoms with Crippen molar-refractivity contribution in [2.45, 2.75) is 38.1 Å². The molecule has 6 nitrogen and oxygen atoms in total. The number of nitrogens with zero attached hydrogens (tertiary/aromatic N) is 2. The van der Waals surface area contributed by atoms with Crippen LogP contribution in [0.3, 0.4) is 0 Å². The Kier molecular flexibility index (Phi) is 3.42. The monoisotopic (exact) mass is 238 g/mol. The van der Waals surface area contributed by atoms with Gasteiger partial charge in [0.2, 0.25) is 5.82 Å². The Morgan fingerprint density at radius 2 is 2.59 bits per heavy atom. The fraction of sp³-hybridized carbons (Fsp3) is 0.727. The van der Waals surface area contributed by atoms with E-state index in [1.807, 2.05) is 0 Å². The van der Waals surface area contributed by atoms with Crippen LogP contribution in [0.4, 0.5) is 0 Å². The van der Waals surface area contributed by atoms with E-state index in [0.717, 1.165) is 25.7 Å². The number of aliphatic hydroxyl groups is 1. The third kappa shape index (κ3) is 2.63. The van der Waals surface area contributed by atoms with Crippen LogP contribution in [0, 0.1) is 5.92 Å². The zero-order valence-electron chi connectivity index (χ0n) is 9.94. The number of amides is 1. The average Bonchev–Trinajstić information content (AvgIpc) is 2.82. The Balaban J connectivity index is 2.06. The fourth-order valence-electron chi connectivity index (χ4n) is 2.57. The van der Waals surface area contributed by atoms with E-state index in [2.05, 4.69) is 27.4 Å². The first kappa shape index (κ1) is 12.0. The summed E-state index contributed by atoms with van der Waals surface area (Å²) in [6, 6.07) is 0. The number of nitrogens with one attached hydrogen (secondary N) is 2. The van der Waals surface area contributed by atoms with E-state index in [9.17, 15) is 9.90 Å². The molecule has 1 aliphatic rings. The number of aromatic nitrogens is 3. The second-order valence-electron chi connectivity index (χ2n) is 4.93. The van der Waals surface area contributed by atoms with Gasteiger partial charge in [-0.3, -0.25) is 9.89 Å². The number of hydrogen-bond acceptors (Lipinski definition) is 4. The number of carbonyl (C=O) groups is 1. The molecule has 0 radical (unpaired) electrons. The van der Waals surface area contributed by atoms with Crippen molar-refractivity contribution in [2.75, 3.05) is 6.61 Å². The predicted molar refractivity (Wildman–Crippen MR) is 61.3 cm³/mol. The fourth-order valence-corrected chi connectivity index (χ4v) is 2.57. The van der Waals surface area contributed by atoms with Crippen molar-refractivity contribution in [3.05, 3.63) is 12.2 Å². The lowest BCUT2D eigenvalue weighted by Gasteiger charge is -2.39. The molecule has 1 aromatic heterocycles. The maximum absolute atomic E-state index is 11.9. The third-order valence-electron chi connectivity index (χ3n) is 3.40. The highest BCUT2D eigenvalue weighted by atomic mass is 16.3. The molecule has 2 atom stereocenters. The summed E-state index contributed by atoms with van der Waals surface area (Å²) in [5.41, 5.74) is -0.498. The molecular formula is C11H18N4O2. The summed E-state index contributed by atoms with van der Waals surface area (Å²) in [6.07, 6.45) is 5.10. The average molecular weight is 238 g/mol. The molecular weight excluding hydrogens is 220 g/mol. The van der Waals surface area contributed by atoms with Crippen molar-refractivity contribution in [3.8, 4) is 0 Å². The quantitative estimate of drug-likeness (QED) is 0.714. The molecule has 1 saturated carbocycles. The summed E-state index contributed by atoms with van der Waals surface area (Å²) >= 11 is 0. The number of aromatic amines is 1. The highest BCUT2D eigenvalue weighted by Gasteiger charge is 2.36. The van der Waals surface area contributed by atoms with E-state index >= 15 is 0 Å². The van der Waals surface area contributed by atoms with Crippen molar-refractivity contribution >= 4 is 5.91 Å². The normalized spacial score (nSPS) is 28.9. The first-order valence-electron chi connectivity index (χ1n) is 5.94. The van der Waals surface area contributed by atoms with Gasteiger partial charge in [0.1, 0.15) is 6.33 Å². The van der Waals surface area contributed by atoms with Gasteiger partial charge in [0, 0.05) is 0 Å². The lowest BCUT2D eigenvalue weighted by atomic mass is 9.77. The Labute approximate surface area is 99.8 Å². The van der Waals surface area contributed by atoms with Crippen LogP contribution in [0.5, 0.6) is 0 Å². The van der Waals surface area contributed by atoms with E-state index < -0.39 is 5.54 Å². The van der Waals surface area contributed by atoms with Crippen LogP contribution in [0.2, 0.25) is 0 Å². The molecule has 1 fully saturated rings. The minimum absolute atomic E-state index is 0.0305. The van der Waals surface area contributed by atoms with Crippen molar-refractivity contribution in [1.29, 1.82) is 0 Å². The van der Waals surface area contributed by atoms with Crippen LogP contribution < -0.4 is 5.32 Å². The number of H-pyrrole nitrogens is 1. The molecule has 0 spiro atoms.